The maximum atomic E-state index is 5.68. The smallest absolute Gasteiger partial charge is 0.160 e. The van der Waals surface area contributed by atoms with Crippen LogP contribution >= 0.6 is 0 Å². The second-order valence-electron chi connectivity index (χ2n) is 15.0. The molecule has 0 bridgehead atoms. The van der Waals surface area contributed by atoms with Gasteiger partial charge in [-0.05, 0) is 34.4 Å². The fourth-order valence-electron chi connectivity index (χ4n) is 8.27. The molecule has 0 spiro atoms. The Morgan fingerprint density at radius 2 is 0.737 bits per heavy atom. The van der Waals surface area contributed by atoms with Gasteiger partial charge in [-0.3, -0.25) is 0 Å². The molecule has 1 aliphatic rings. The standard InChI is InChI=1S/C53H38N4/c1-53(2)43-31-16-15-29-41(43)47-42(30-18-32-44(47)53)51-50(56-48(37-23-11-5-12-24-37)49(57-51)38-25-13-6-14-26-38)39-27-17-28-40(33-39)52-54-45(35-19-7-3-8-20-35)34-46(55-52)36-21-9-4-10-22-36/h3-34H,1-2H3. The van der Waals surface area contributed by atoms with Gasteiger partial charge in [0.15, 0.2) is 5.82 Å². The first kappa shape index (κ1) is 34.2. The van der Waals surface area contributed by atoms with Crippen molar-refractivity contribution in [1.29, 1.82) is 0 Å². The van der Waals surface area contributed by atoms with Gasteiger partial charge in [0, 0.05) is 44.4 Å². The molecule has 0 saturated carbocycles. The lowest BCUT2D eigenvalue weighted by molar-refractivity contribution is 0.660. The van der Waals surface area contributed by atoms with Crippen LogP contribution in [0, 0.1) is 0 Å². The molecule has 4 heteroatoms. The third-order valence-electron chi connectivity index (χ3n) is 11.1. The fraction of sp³-hybridized carbons (Fsp3) is 0.0566. The molecular formula is C53H38N4. The molecule has 2 heterocycles. The Morgan fingerprint density at radius 3 is 1.33 bits per heavy atom. The average Bonchev–Trinajstić information content (AvgIpc) is 3.53. The number of benzene rings is 7. The number of rotatable bonds is 7. The van der Waals surface area contributed by atoms with Crippen molar-refractivity contribution >= 4 is 0 Å². The number of nitrogens with zero attached hydrogens (tertiary/aromatic N) is 4. The molecule has 270 valence electrons. The van der Waals surface area contributed by atoms with Gasteiger partial charge in [-0.2, -0.15) is 0 Å². The molecular weight excluding hydrogens is 693 g/mol. The molecule has 0 unspecified atom stereocenters. The zero-order valence-electron chi connectivity index (χ0n) is 31.8. The lowest BCUT2D eigenvalue weighted by atomic mass is 9.82. The summed E-state index contributed by atoms with van der Waals surface area (Å²) in [6.07, 6.45) is 0. The van der Waals surface area contributed by atoms with E-state index in [0.29, 0.717) is 5.82 Å². The highest BCUT2D eigenvalue weighted by Gasteiger charge is 2.37. The van der Waals surface area contributed by atoms with Crippen LogP contribution in [0.25, 0.3) is 90.1 Å². The van der Waals surface area contributed by atoms with Crippen molar-refractivity contribution in [3.63, 3.8) is 0 Å². The van der Waals surface area contributed by atoms with Gasteiger partial charge in [-0.1, -0.05) is 196 Å². The molecule has 0 aliphatic heterocycles. The summed E-state index contributed by atoms with van der Waals surface area (Å²) in [6.45, 7) is 4.64. The summed E-state index contributed by atoms with van der Waals surface area (Å²) in [7, 11) is 0. The van der Waals surface area contributed by atoms with Crippen molar-refractivity contribution in [2.45, 2.75) is 19.3 Å². The first-order valence-corrected chi connectivity index (χ1v) is 19.4. The van der Waals surface area contributed by atoms with Crippen molar-refractivity contribution in [1.82, 2.24) is 19.9 Å². The monoisotopic (exact) mass is 730 g/mol. The molecule has 0 radical (unpaired) electrons. The Bertz CT molecular complexity index is 2850. The third kappa shape index (κ3) is 6.12. The lowest BCUT2D eigenvalue weighted by Crippen LogP contribution is -2.14. The molecule has 0 fully saturated rings. The minimum Gasteiger partial charge on any atom is -0.243 e. The Morgan fingerprint density at radius 1 is 0.316 bits per heavy atom. The van der Waals surface area contributed by atoms with Crippen LogP contribution < -0.4 is 0 Å². The van der Waals surface area contributed by atoms with Gasteiger partial charge in [-0.25, -0.2) is 19.9 Å². The van der Waals surface area contributed by atoms with Gasteiger partial charge < -0.3 is 0 Å². The number of fused-ring (bicyclic) bond motifs is 3. The van der Waals surface area contributed by atoms with Crippen LogP contribution in [0.3, 0.4) is 0 Å². The van der Waals surface area contributed by atoms with E-state index in [-0.39, 0.29) is 5.41 Å². The summed E-state index contributed by atoms with van der Waals surface area (Å²) in [5, 5.41) is 0. The van der Waals surface area contributed by atoms with Gasteiger partial charge in [0.1, 0.15) is 0 Å². The second kappa shape index (κ2) is 14.1. The molecule has 2 aromatic heterocycles. The largest absolute Gasteiger partial charge is 0.243 e. The highest BCUT2D eigenvalue weighted by atomic mass is 14.9. The van der Waals surface area contributed by atoms with Crippen LogP contribution in [-0.4, -0.2) is 19.9 Å². The first-order chi connectivity index (χ1) is 28.0. The molecule has 0 saturated heterocycles. The van der Waals surface area contributed by atoms with Crippen molar-refractivity contribution in [2.75, 3.05) is 0 Å². The molecule has 1 aliphatic carbocycles. The Kier molecular flexibility index (Phi) is 8.45. The predicted octanol–water partition coefficient (Wildman–Crippen LogP) is 13.2. The topological polar surface area (TPSA) is 51.6 Å². The molecule has 0 amide bonds. The van der Waals surface area contributed by atoms with Crippen LogP contribution in [0.2, 0.25) is 0 Å². The van der Waals surface area contributed by atoms with E-state index in [1.54, 1.807) is 0 Å². The summed E-state index contributed by atoms with van der Waals surface area (Å²) >= 11 is 0. The average molecular weight is 731 g/mol. The zero-order chi connectivity index (χ0) is 38.3. The molecule has 0 N–H and O–H groups in total. The highest BCUT2D eigenvalue weighted by Crippen LogP contribution is 2.53. The van der Waals surface area contributed by atoms with E-state index in [4.69, 9.17) is 19.9 Å². The minimum absolute atomic E-state index is 0.167. The summed E-state index contributed by atoms with van der Waals surface area (Å²) in [5.74, 6) is 0.645. The molecule has 7 aromatic carbocycles. The number of hydrogen-bond acceptors (Lipinski definition) is 4. The van der Waals surface area contributed by atoms with Gasteiger partial charge in [-0.15, -0.1) is 0 Å². The summed E-state index contributed by atoms with van der Waals surface area (Å²) in [4.78, 5) is 21.7. The van der Waals surface area contributed by atoms with Gasteiger partial charge in [0.05, 0.1) is 34.2 Å². The number of aromatic nitrogens is 4. The van der Waals surface area contributed by atoms with Crippen LogP contribution in [0.1, 0.15) is 25.0 Å². The van der Waals surface area contributed by atoms with E-state index >= 15 is 0 Å². The summed E-state index contributed by atoms with van der Waals surface area (Å²) < 4.78 is 0. The van der Waals surface area contributed by atoms with E-state index in [0.717, 1.165) is 73.1 Å². The SMILES string of the molecule is CC1(C)c2ccccc2-c2c(-c3nc(-c4ccccc4)c(-c4ccccc4)nc3-c3cccc(-c4nc(-c5ccccc5)cc(-c5ccccc5)n4)c3)cccc21. The Balaban J connectivity index is 1.24. The Hall–Kier alpha value is -7.30. The van der Waals surface area contributed by atoms with E-state index in [1.807, 2.05) is 48.5 Å². The zero-order valence-corrected chi connectivity index (χ0v) is 31.8. The van der Waals surface area contributed by atoms with Crippen molar-refractivity contribution < 1.29 is 0 Å². The maximum absolute atomic E-state index is 5.68. The van der Waals surface area contributed by atoms with E-state index < -0.39 is 0 Å². The molecule has 57 heavy (non-hydrogen) atoms. The Labute approximate surface area is 333 Å². The van der Waals surface area contributed by atoms with Crippen LogP contribution in [0.5, 0.6) is 0 Å². The van der Waals surface area contributed by atoms with Gasteiger partial charge in [0.2, 0.25) is 0 Å². The van der Waals surface area contributed by atoms with E-state index in [9.17, 15) is 0 Å². The first-order valence-electron chi connectivity index (χ1n) is 19.4. The highest BCUT2D eigenvalue weighted by molar-refractivity contribution is 5.96. The third-order valence-corrected chi connectivity index (χ3v) is 11.1. The number of hydrogen-bond donors (Lipinski definition) is 0. The van der Waals surface area contributed by atoms with E-state index in [1.165, 1.54) is 22.3 Å². The van der Waals surface area contributed by atoms with Gasteiger partial charge >= 0.3 is 0 Å². The minimum atomic E-state index is -0.167. The van der Waals surface area contributed by atoms with Crippen molar-refractivity contribution in [3.8, 4) is 90.1 Å². The van der Waals surface area contributed by atoms with Gasteiger partial charge in [0.25, 0.3) is 0 Å². The van der Waals surface area contributed by atoms with Crippen LogP contribution in [0.15, 0.2) is 194 Å². The summed E-state index contributed by atoms with van der Waals surface area (Å²) in [5.41, 5.74) is 16.9. The predicted molar refractivity (Wildman–Crippen MR) is 233 cm³/mol. The van der Waals surface area contributed by atoms with E-state index in [2.05, 4.69) is 159 Å². The lowest BCUT2D eigenvalue weighted by Gasteiger charge is -2.22. The summed E-state index contributed by atoms with van der Waals surface area (Å²) in [6, 6.07) is 67.4. The molecule has 4 nitrogen and oxygen atoms in total. The van der Waals surface area contributed by atoms with Crippen LogP contribution in [-0.2, 0) is 5.41 Å². The fourth-order valence-corrected chi connectivity index (χ4v) is 8.27. The molecule has 0 atom stereocenters. The van der Waals surface area contributed by atoms with Crippen molar-refractivity contribution in [3.05, 3.63) is 205 Å². The molecule has 9 aromatic rings. The second-order valence-corrected chi connectivity index (χ2v) is 15.0. The van der Waals surface area contributed by atoms with Crippen molar-refractivity contribution in [2.24, 2.45) is 0 Å². The quantitative estimate of drug-likeness (QED) is 0.164. The maximum Gasteiger partial charge on any atom is 0.160 e. The van der Waals surface area contributed by atoms with Crippen LogP contribution in [0.4, 0.5) is 0 Å². The normalized spacial score (nSPS) is 12.5. The molecule has 10 rings (SSSR count).